The van der Waals surface area contributed by atoms with Gasteiger partial charge in [0.2, 0.25) is 0 Å². The summed E-state index contributed by atoms with van der Waals surface area (Å²) >= 11 is 0. The van der Waals surface area contributed by atoms with E-state index in [2.05, 4.69) is 34.7 Å². The molecule has 1 aromatic heterocycles. The molecule has 126 valence electrons. The number of methoxy groups -OCH3 is 1. The molecule has 0 radical (unpaired) electrons. The minimum atomic E-state index is -0.00354. The molecule has 0 amide bonds. The molecule has 2 N–H and O–H groups in total. The van der Waals surface area contributed by atoms with Crippen LogP contribution in [0.15, 0.2) is 43.1 Å². The van der Waals surface area contributed by atoms with Gasteiger partial charge in [-0.2, -0.15) is 0 Å². The minimum absolute atomic E-state index is 0.00354. The molecular weight excluding hydrogens is 298 g/mol. The summed E-state index contributed by atoms with van der Waals surface area (Å²) in [5, 5.41) is 1.10. The lowest BCUT2D eigenvalue weighted by molar-refractivity contribution is 0.00749. The van der Waals surface area contributed by atoms with Gasteiger partial charge < -0.3 is 10.5 Å². The van der Waals surface area contributed by atoms with Crippen LogP contribution >= 0.6 is 0 Å². The van der Waals surface area contributed by atoms with Gasteiger partial charge in [0.1, 0.15) is 5.75 Å². The molecule has 0 saturated carbocycles. The highest BCUT2D eigenvalue weighted by Gasteiger charge is 2.41. The van der Waals surface area contributed by atoms with Crippen molar-refractivity contribution in [2.75, 3.05) is 20.2 Å². The minimum Gasteiger partial charge on any atom is -0.497 e. The van der Waals surface area contributed by atoms with Crippen molar-refractivity contribution in [3.8, 4) is 5.75 Å². The van der Waals surface area contributed by atoms with Crippen LogP contribution in [-0.4, -0.2) is 36.1 Å². The first-order valence-corrected chi connectivity index (χ1v) is 8.76. The topological polar surface area (TPSA) is 51.4 Å². The van der Waals surface area contributed by atoms with Gasteiger partial charge in [-0.15, -0.1) is 6.58 Å². The van der Waals surface area contributed by atoms with Gasteiger partial charge in [-0.1, -0.05) is 6.08 Å². The van der Waals surface area contributed by atoms with Crippen molar-refractivity contribution in [2.45, 2.75) is 24.9 Å². The molecule has 4 nitrogen and oxygen atoms in total. The fraction of sp³-hybridized carbons (Fsp3) is 0.450. The Bertz CT molecular complexity index is 760. The van der Waals surface area contributed by atoms with Crippen LogP contribution in [0.2, 0.25) is 0 Å². The number of aromatic nitrogens is 1. The number of nitrogens with zero attached hydrogens (tertiary/aromatic N) is 2. The number of pyridine rings is 1. The molecule has 2 aromatic rings. The van der Waals surface area contributed by atoms with Crippen molar-refractivity contribution >= 4 is 10.9 Å². The maximum absolute atomic E-state index is 6.76. The maximum Gasteiger partial charge on any atom is 0.119 e. The molecule has 3 aliphatic rings. The second kappa shape index (κ2) is 6.19. The van der Waals surface area contributed by atoms with Gasteiger partial charge in [0.25, 0.3) is 0 Å². The van der Waals surface area contributed by atoms with Crippen molar-refractivity contribution in [3.05, 3.63) is 48.7 Å². The average molecular weight is 323 g/mol. The van der Waals surface area contributed by atoms with E-state index >= 15 is 0 Å². The van der Waals surface area contributed by atoms with Crippen LogP contribution in [0.1, 0.15) is 24.4 Å². The van der Waals surface area contributed by atoms with Crippen LogP contribution in [0.4, 0.5) is 0 Å². The van der Waals surface area contributed by atoms with E-state index in [-0.39, 0.29) is 6.04 Å². The van der Waals surface area contributed by atoms with E-state index < -0.39 is 0 Å². The van der Waals surface area contributed by atoms with Crippen molar-refractivity contribution in [3.63, 3.8) is 0 Å². The number of piperidine rings is 3. The molecule has 1 aromatic carbocycles. The van der Waals surface area contributed by atoms with E-state index in [0.29, 0.717) is 12.0 Å². The number of rotatable bonds is 4. The molecule has 0 spiro atoms. The van der Waals surface area contributed by atoms with Crippen molar-refractivity contribution in [1.29, 1.82) is 0 Å². The van der Waals surface area contributed by atoms with Crippen LogP contribution in [0, 0.1) is 11.8 Å². The predicted molar refractivity (Wildman–Crippen MR) is 97.0 cm³/mol. The predicted octanol–water partition coefficient (Wildman–Crippen LogP) is 3.14. The molecule has 0 aliphatic carbocycles. The average Bonchev–Trinajstić information content (AvgIpc) is 2.66. The van der Waals surface area contributed by atoms with Crippen LogP contribution in [0.5, 0.6) is 5.75 Å². The molecule has 3 fully saturated rings. The number of ether oxygens (including phenoxy) is 1. The fourth-order valence-corrected chi connectivity index (χ4v) is 4.52. The molecule has 5 rings (SSSR count). The number of nitrogens with two attached hydrogens (primary N) is 1. The highest BCUT2D eigenvalue weighted by molar-refractivity contribution is 5.84. The Morgan fingerprint density at radius 2 is 2.29 bits per heavy atom. The summed E-state index contributed by atoms with van der Waals surface area (Å²) in [5.74, 6) is 2.20. The molecular formula is C20H25N3O. The van der Waals surface area contributed by atoms with E-state index in [1.807, 2.05) is 18.3 Å². The monoisotopic (exact) mass is 323 g/mol. The van der Waals surface area contributed by atoms with Crippen LogP contribution in [0.25, 0.3) is 10.9 Å². The highest BCUT2D eigenvalue weighted by Crippen LogP contribution is 2.41. The first kappa shape index (κ1) is 15.6. The van der Waals surface area contributed by atoms with Gasteiger partial charge in [0, 0.05) is 30.2 Å². The van der Waals surface area contributed by atoms with E-state index in [1.54, 1.807) is 7.11 Å². The molecule has 4 heteroatoms. The second-order valence-electron chi connectivity index (χ2n) is 7.06. The summed E-state index contributed by atoms with van der Waals surface area (Å²) in [5.41, 5.74) is 8.91. The maximum atomic E-state index is 6.76. The van der Waals surface area contributed by atoms with Crippen LogP contribution in [-0.2, 0) is 0 Å². The summed E-state index contributed by atoms with van der Waals surface area (Å²) in [7, 11) is 1.69. The van der Waals surface area contributed by atoms with Gasteiger partial charge in [-0.25, -0.2) is 0 Å². The van der Waals surface area contributed by atoms with Crippen molar-refractivity contribution < 1.29 is 4.74 Å². The summed E-state index contributed by atoms with van der Waals surface area (Å²) in [6, 6.07) is 8.48. The Hall–Kier alpha value is -1.91. The van der Waals surface area contributed by atoms with Crippen LogP contribution in [0.3, 0.4) is 0 Å². The number of hydrogen-bond acceptors (Lipinski definition) is 4. The number of fused-ring (bicyclic) bond motifs is 4. The lowest BCUT2D eigenvalue weighted by Gasteiger charge is -2.51. The molecule has 3 saturated heterocycles. The summed E-state index contributed by atoms with van der Waals surface area (Å²) in [6.45, 7) is 6.26. The molecule has 5 atom stereocenters. The van der Waals surface area contributed by atoms with Gasteiger partial charge >= 0.3 is 0 Å². The lowest BCUT2D eigenvalue weighted by atomic mass is 9.73. The summed E-state index contributed by atoms with van der Waals surface area (Å²) in [4.78, 5) is 7.04. The SMILES string of the molecule is C=C[C@@H]1CN2CCC1C[C@@H]2[C@H](N)c1ccnc2ccc(OC)cc12. The molecule has 4 heterocycles. The zero-order chi connectivity index (χ0) is 16.7. The first-order valence-electron chi connectivity index (χ1n) is 8.76. The van der Waals surface area contributed by atoms with E-state index in [9.17, 15) is 0 Å². The quantitative estimate of drug-likeness (QED) is 0.878. The van der Waals surface area contributed by atoms with Crippen molar-refractivity contribution in [1.82, 2.24) is 9.88 Å². The Balaban J connectivity index is 1.69. The Morgan fingerprint density at radius 3 is 3.00 bits per heavy atom. The fourth-order valence-electron chi connectivity index (χ4n) is 4.52. The Labute approximate surface area is 143 Å². The Morgan fingerprint density at radius 1 is 1.42 bits per heavy atom. The number of benzene rings is 1. The third-order valence-electron chi connectivity index (χ3n) is 5.91. The van der Waals surface area contributed by atoms with Crippen molar-refractivity contribution in [2.24, 2.45) is 17.6 Å². The smallest absolute Gasteiger partial charge is 0.119 e. The van der Waals surface area contributed by atoms with Crippen LogP contribution < -0.4 is 10.5 Å². The second-order valence-corrected chi connectivity index (χ2v) is 7.06. The largest absolute Gasteiger partial charge is 0.497 e. The standard InChI is InChI=1S/C20H25N3O/c1-3-13-12-23-9-7-14(13)10-19(23)20(21)16-6-8-22-18-5-4-15(24-2)11-17(16)18/h3-6,8,11,13-14,19-20H,1,7,9-10,12,21H2,2H3/t13-,14?,19-,20-/m1/s1. The Kier molecular flexibility index (Phi) is 4.02. The molecule has 2 unspecified atom stereocenters. The number of hydrogen-bond donors (Lipinski definition) is 1. The zero-order valence-corrected chi connectivity index (χ0v) is 14.2. The van der Waals surface area contributed by atoms with Gasteiger partial charge in [-0.3, -0.25) is 9.88 Å². The molecule has 3 aliphatic heterocycles. The zero-order valence-electron chi connectivity index (χ0n) is 14.2. The van der Waals surface area contributed by atoms with E-state index in [4.69, 9.17) is 10.5 Å². The third-order valence-corrected chi connectivity index (χ3v) is 5.91. The van der Waals surface area contributed by atoms with Gasteiger partial charge in [0.05, 0.1) is 12.6 Å². The molecule has 24 heavy (non-hydrogen) atoms. The van der Waals surface area contributed by atoms with Gasteiger partial charge in [-0.05, 0) is 61.1 Å². The lowest BCUT2D eigenvalue weighted by Crippen LogP contribution is -2.56. The highest BCUT2D eigenvalue weighted by atomic mass is 16.5. The summed E-state index contributed by atoms with van der Waals surface area (Å²) < 4.78 is 5.39. The van der Waals surface area contributed by atoms with E-state index in [0.717, 1.165) is 42.1 Å². The van der Waals surface area contributed by atoms with E-state index in [1.165, 1.54) is 12.0 Å². The first-order chi connectivity index (χ1) is 11.7. The molecule has 2 bridgehead atoms. The normalized spacial score (nSPS) is 30.2. The third kappa shape index (κ3) is 2.50. The van der Waals surface area contributed by atoms with Gasteiger partial charge in [0.15, 0.2) is 0 Å². The summed E-state index contributed by atoms with van der Waals surface area (Å²) in [6.07, 6.45) is 6.43.